The fraction of sp³-hybridized carbons (Fsp3) is 0.125. The van der Waals surface area contributed by atoms with Crippen LogP contribution in [0.5, 0.6) is 5.88 Å². The molecule has 108 valence electrons. The number of pyridine rings is 1. The second-order valence-corrected chi connectivity index (χ2v) is 4.30. The van der Waals surface area contributed by atoms with Crippen molar-refractivity contribution >= 4 is 17.2 Å². The molecule has 0 amide bonds. The monoisotopic (exact) mass is 284 g/mol. The Balaban J connectivity index is 2.50. The van der Waals surface area contributed by atoms with E-state index in [0.717, 1.165) is 11.1 Å². The maximum Gasteiger partial charge on any atom is 0.331 e. The molecule has 0 spiro atoms. The van der Waals surface area contributed by atoms with Crippen LogP contribution in [0.25, 0.3) is 5.57 Å². The molecular formula is C16H16N2O3. The van der Waals surface area contributed by atoms with Crippen molar-refractivity contribution in [3.05, 3.63) is 59.8 Å². The number of nitrogen functional groups attached to an aromatic ring is 1. The molecule has 0 saturated heterocycles. The van der Waals surface area contributed by atoms with Crippen molar-refractivity contribution in [2.24, 2.45) is 0 Å². The molecule has 0 bridgehead atoms. The number of methoxy groups -OCH3 is 2. The second-order valence-electron chi connectivity index (χ2n) is 4.30. The first kappa shape index (κ1) is 14.6. The van der Waals surface area contributed by atoms with Gasteiger partial charge < -0.3 is 15.2 Å². The smallest absolute Gasteiger partial charge is 0.331 e. The van der Waals surface area contributed by atoms with Gasteiger partial charge in [-0.2, -0.15) is 0 Å². The number of benzene rings is 1. The number of anilines is 1. The highest BCUT2D eigenvalue weighted by molar-refractivity contribution is 5.96. The molecule has 1 aromatic heterocycles. The molecule has 5 heteroatoms. The van der Waals surface area contributed by atoms with Gasteiger partial charge in [0.1, 0.15) is 0 Å². The average Bonchev–Trinajstić information content (AvgIpc) is 2.52. The third-order valence-corrected chi connectivity index (χ3v) is 2.92. The first-order valence-electron chi connectivity index (χ1n) is 6.30. The van der Waals surface area contributed by atoms with Gasteiger partial charge in [-0.05, 0) is 29.3 Å². The number of hydrogen-bond donors (Lipinski definition) is 1. The zero-order chi connectivity index (χ0) is 15.2. The summed E-state index contributed by atoms with van der Waals surface area (Å²) in [5.74, 6) is 0.0620. The van der Waals surface area contributed by atoms with E-state index in [1.54, 1.807) is 31.5 Å². The van der Waals surface area contributed by atoms with Gasteiger partial charge in [-0.1, -0.05) is 12.1 Å². The van der Waals surface area contributed by atoms with Crippen LogP contribution in [-0.2, 0) is 9.53 Å². The lowest BCUT2D eigenvalue weighted by atomic mass is 9.98. The number of nitrogens with zero attached hydrogens (tertiary/aromatic N) is 1. The van der Waals surface area contributed by atoms with Gasteiger partial charge in [-0.15, -0.1) is 0 Å². The Hall–Kier alpha value is -2.82. The number of hydrogen-bond acceptors (Lipinski definition) is 5. The standard InChI is InChI=1S/C16H16N2O3/c1-20-15-7-6-12(10-18-15)14(9-16(19)21-2)11-4-3-5-13(17)8-11/h3-10H,17H2,1-2H3/b14-9+. The van der Waals surface area contributed by atoms with Crippen LogP contribution in [0.4, 0.5) is 5.69 Å². The molecule has 2 N–H and O–H groups in total. The molecule has 1 heterocycles. The van der Waals surface area contributed by atoms with E-state index in [-0.39, 0.29) is 0 Å². The number of nitrogens with two attached hydrogens (primary N) is 1. The maximum atomic E-state index is 11.6. The Kier molecular flexibility index (Phi) is 4.56. The van der Waals surface area contributed by atoms with Crippen LogP contribution in [0.2, 0.25) is 0 Å². The van der Waals surface area contributed by atoms with Gasteiger partial charge in [0, 0.05) is 29.6 Å². The van der Waals surface area contributed by atoms with Crippen molar-refractivity contribution < 1.29 is 14.3 Å². The van der Waals surface area contributed by atoms with Crippen molar-refractivity contribution in [2.45, 2.75) is 0 Å². The normalized spacial score (nSPS) is 11.0. The van der Waals surface area contributed by atoms with Crippen LogP contribution < -0.4 is 10.5 Å². The Morgan fingerprint density at radius 2 is 2.00 bits per heavy atom. The van der Waals surface area contributed by atoms with E-state index in [1.807, 2.05) is 18.2 Å². The Morgan fingerprint density at radius 1 is 1.19 bits per heavy atom. The van der Waals surface area contributed by atoms with E-state index in [9.17, 15) is 4.79 Å². The topological polar surface area (TPSA) is 74.4 Å². The summed E-state index contributed by atoms with van der Waals surface area (Å²) in [6.45, 7) is 0. The Bertz CT molecular complexity index is 663. The van der Waals surface area contributed by atoms with Crippen LogP contribution in [0.3, 0.4) is 0 Å². The van der Waals surface area contributed by atoms with Crippen LogP contribution in [-0.4, -0.2) is 25.2 Å². The van der Waals surface area contributed by atoms with Gasteiger partial charge in [0.25, 0.3) is 0 Å². The summed E-state index contributed by atoms with van der Waals surface area (Å²) in [4.78, 5) is 15.8. The minimum absolute atomic E-state index is 0.441. The van der Waals surface area contributed by atoms with Gasteiger partial charge in [0.15, 0.2) is 0 Å². The van der Waals surface area contributed by atoms with E-state index in [0.29, 0.717) is 17.1 Å². The fourth-order valence-corrected chi connectivity index (χ4v) is 1.88. The van der Waals surface area contributed by atoms with Crippen molar-refractivity contribution in [2.75, 3.05) is 20.0 Å². The highest BCUT2D eigenvalue weighted by Crippen LogP contribution is 2.25. The van der Waals surface area contributed by atoms with Crippen LogP contribution >= 0.6 is 0 Å². The summed E-state index contributed by atoms with van der Waals surface area (Å²) in [6, 6.07) is 10.8. The second kappa shape index (κ2) is 6.56. The third-order valence-electron chi connectivity index (χ3n) is 2.92. The Morgan fingerprint density at radius 3 is 2.57 bits per heavy atom. The summed E-state index contributed by atoms with van der Waals surface area (Å²) < 4.78 is 9.74. The lowest BCUT2D eigenvalue weighted by Gasteiger charge is -2.09. The molecule has 0 aliphatic rings. The zero-order valence-electron chi connectivity index (χ0n) is 11.9. The number of aromatic nitrogens is 1. The van der Waals surface area contributed by atoms with E-state index < -0.39 is 5.97 Å². The number of esters is 1. The van der Waals surface area contributed by atoms with Gasteiger partial charge in [0.2, 0.25) is 5.88 Å². The van der Waals surface area contributed by atoms with Crippen molar-refractivity contribution in [3.8, 4) is 5.88 Å². The number of carbonyl (C=O) groups is 1. The average molecular weight is 284 g/mol. The molecule has 21 heavy (non-hydrogen) atoms. The fourth-order valence-electron chi connectivity index (χ4n) is 1.88. The van der Waals surface area contributed by atoms with Gasteiger partial charge in [-0.3, -0.25) is 0 Å². The minimum atomic E-state index is -0.441. The molecule has 2 rings (SSSR count). The van der Waals surface area contributed by atoms with E-state index in [1.165, 1.54) is 13.2 Å². The molecule has 0 unspecified atom stereocenters. The van der Waals surface area contributed by atoms with Crippen molar-refractivity contribution in [1.29, 1.82) is 0 Å². The van der Waals surface area contributed by atoms with Crippen molar-refractivity contribution in [1.82, 2.24) is 4.98 Å². The predicted octanol–water partition coefficient (Wildman–Crippen LogP) is 2.28. The van der Waals surface area contributed by atoms with Gasteiger partial charge in [-0.25, -0.2) is 9.78 Å². The SMILES string of the molecule is COC(=O)/C=C(/c1ccc(OC)nc1)c1cccc(N)c1. The summed E-state index contributed by atoms with van der Waals surface area (Å²) in [5, 5.41) is 0. The zero-order valence-corrected chi connectivity index (χ0v) is 11.9. The van der Waals surface area contributed by atoms with E-state index in [2.05, 4.69) is 4.98 Å². The molecule has 0 fully saturated rings. The van der Waals surface area contributed by atoms with Gasteiger partial charge >= 0.3 is 5.97 Å². The first-order chi connectivity index (χ1) is 10.1. The van der Waals surface area contributed by atoms with E-state index in [4.69, 9.17) is 15.2 Å². The molecule has 1 aromatic carbocycles. The molecule has 0 atom stereocenters. The Labute approximate surface area is 123 Å². The molecule has 5 nitrogen and oxygen atoms in total. The molecule has 0 saturated carbocycles. The van der Waals surface area contributed by atoms with Crippen LogP contribution in [0.1, 0.15) is 11.1 Å². The number of carbonyl (C=O) groups excluding carboxylic acids is 1. The molecular weight excluding hydrogens is 268 g/mol. The lowest BCUT2D eigenvalue weighted by Crippen LogP contribution is -1.99. The first-order valence-corrected chi connectivity index (χ1v) is 6.30. The summed E-state index contributed by atoms with van der Waals surface area (Å²) >= 11 is 0. The summed E-state index contributed by atoms with van der Waals surface area (Å²) in [5.41, 5.74) is 8.69. The van der Waals surface area contributed by atoms with Crippen molar-refractivity contribution in [3.63, 3.8) is 0 Å². The van der Waals surface area contributed by atoms with Crippen LogP contribution in [0.15, 0.2) is 48.7 Å². The third kappa shape index (κ3) is 3.60. The highest BCUT2D eigenvalue weighted by atomic mass is 16.5. The molecule has 0 radical (unpaired) electrons. The molecule has 2 aromatic rings. The lowest BCUT2D eigenvalue weighted by molar-refractivity contribution is -0.134. The summed E-state index contributed by atoms with van der Waals surface area (Å²) in [7, 11) is 2.88. The minimum Gasteiger partial charge on any atom is -0.481 e. The summed E-state index contributed by atoms with van der Waals surface area (Å²) in [6.07, 6.45) is 3.05. The van der Waals surface area contributed by atoms with Gasteiger partial charge in [0.05, 0.1) is 14.2 Å². The maximum absolute atomic E-state index is 11.6. The number of rotatable bonds is 4. The molecule has 0 aliphatic carbocycles. The van der Waals surface area contributed by atoms with E-state index >= 15 is 0 Å². The molecule has 0 aliphatic heterocycles. The number of ether oxygens (including phenoxy) is 2. The van der Waals surface area contributed by atoms with Crippen LogP contribution in [0, 0.1) is 0 Å². The highest BCUT2D eigenvalue weighted by Gasteiger charge is 2.09. The predicted molar refractivity (Wildman–Crippen MR) is 80.7 cm³/mol. The largest absolute Gasteiger partial charge is 0.481 e. The quantitative estimate of drug-likeness (QED) is 0.529.